The SMILES string of the molecule is CCC(C)(C)CNC(=O)c1cc(S(=O)(=O)Cl)c(F)cc1F. The number of carbonyl (C=O) groups excluding carboxylic acids is 1. The van der Waals surface area contributed by atoms with Crippen LogP contribution in [0.5, 0.6) is 0 Å². The van der Waals surface area contributed by atoms with Crippen molar-refractivity contribution in [1.29, 1.82) is 0 Å². The van der Waals surface area contributed by atoms with E-state index in [0.717, 1.165) is 6.42 Å². The highest BCUT2D eigenvalue weighted by atomic mass is 35.7. The Morgan fingerprint density at radius 1 is 1.29 bits per heavy atom. The van der Waals surface area contributed by atoms with E-state index in [-0.39, 0.29) is 12.0 Å². The van der Waals surface area contributed by atoms with Crippen LogP contribution in [0.25, 0.3) is 0 Å². The van der Waals surface area contributed by atoms with Gasteiger partial charge in [-0.3, -0.25) is 4.79 Å². The van der Waals surface area contributed by atoms with Gasteiger partial charge in [0.1, 0.15) is 16.5 Å². The van der Waals surface area contributed by atoms with Gasteiger partial charge in [-0.1, -0.05) is 20.8 Å². The van der Waals surface area contributed by atoms with Gasteiger partial charge in [-0.2, -0.15) is 0 Å². The molecule has 1 rings (SSSR count). The van der Waals surface area contributed by atoms with Gasteiger partial charge in [0.15, 0.2) is 0 Å². The first-order valence-corrected chi connectivity index (χ1v) is 8.51. The van der Waals surface area contributed by atoms with Crippen molar-refractivity contribution in [2.45, 2.75) is 32.1 Å². The third kappa shape index (κ3) is 4.64. The molecule has 0 aromatic heterocycles. The Kier molecular flexibility index (Phi) is 5.33. The van der Waals surface area contributed by atoms with Crippen LogP contribution in [-0.2, 0) is 9.05 Å². The molecule has 0 radical (unpaired) electrons. The van der Waals surface area contributed by atoms with Crippen molar-refractivity contribution in [3.05, 3.63) is 29.3 Å². The summed E-state index contributed by atoms with van der Waals surface area (Å²) in [6.07, 6.45) is 0.778. The first kappa shape index (κ1) is 17.8. The number of hydrogen-bond acceptors (Lipinski definition) is 3. The van der Waals surface area contributed by atoms with Gasteiger partial charge in [0, 0.05) is 23.3 Å². The second kappa shape index (κ2) is 6.27. The molecule has 0 saturated heterocycles. The zero-order valence-corrected chi connectivity index (χ0v) is 13.4. The molecule has 0 aliphatic carbocycles. The summed E-state index contributed by atoms with van der Waals surface area (Å²) in [5, 5.41) is 2.49. The van der Waals surface area contributed by atoms with Gasteiger partial charge in [0.05, 0.1) is 5.56 Å². The number of carbonyl (C=O) groups is 1. The van der Waals surface area contributed by atoms with Crippen molar-refractivity contribution in [2.75, 3.05) is 6.54 Å². The molecule has 0 heterocycles. The molecule has 0 aliphatic heterocycles. The number of halogens is 3. The van der Waals surface area contributed by atoms with Crippen molar-refractivity contribution in [2.24, 2.45) is 5.41 Å². The Bertz CT molecular complexity index is 660. The summed E-state index contributed by atoms with van der Waals surface area (Å²) in [5.41, 5.74) is -0.768. The van der Waals surface area contributed by atoms with E-state index in [9.17, 15) is 22.0 Å². The Morgan fingerprint density at radius 3 is 2.33 bits per heavy atom. The van der Waals surface area contributed by atoms with E-state index >= 15 is 0 Å². The van der Waals surface area contributed by atoms with Crippen molar-refractivity contribution in [3.63, 3.8) is 0 Å². The number of hydrogen-bond donors (Lipinski definition) is 1. The van der Waals surface area contributed by atoms with E-state index in [4.69, 9.17) is 10.7 Å². The highest BCUT2D eigenvalue weighted by molar-refractivity contribution is 8.13. The number of nitrogens with one attached hydrogen (secondary N) is 1. The van der Waals surface area contributed by atoms with E-state index in [1.807, 2.05) is 20.8 Å². The van der Waals surface area contributed by atoms with Crippen LogP contribution in [0.1, 0.15) is 37.6 Å². The molecule has 0 unspecified atom stereocenters. The number of amides is 1. The molecule has 0 spiro atoms. The van der Waals surface area contributed by atoms with Gasteiger partial charge >= 0.3 is 0 Å². The smallest absolute Gasteiger partial charge is 0.264 e. The van der Waals surface area contributed by atoms with Crippen molar-refractivity contribution >= 4 is 25.6 Å². The zero-order valence-electron chi connectivity index (χ0n) is 11.8. The standard InChI is InChI=1S/C13H16ClF2NO3S/c1-4-13(2,3)7-17-12(18)8-5-11(21(14,19)20)10(16)6-9(8)15/h5-6H,4,7H2,1-3H3,(H,17,18). The molecule has 4 nitrogen and oxygen atoms in total. The molecule has 1 N–H and O–H groups in total. The lowest BCUT2D eigenvalue weighted by Gasteiger charge is -2.22. The van der Waals surface area contributed by atoms with Crippen molar-refractivity contribution in [3.8, 4) is 0 Å². The lowest BCUT2D eigenvalue weighted by molar-refractivity contribution is 0.0931. The minimum absolute atomic E-state index is 0.201. The number of rotatable bonds is 5. The first-order chi connectivity index (χ1) is 9.48. The molecule has 0 atom stereocenters. The molecule has 21 heavy (non-hydrogen) atoms. The van der Waals surface area contributed by atoms with E-state index in [1.165, 1.54) is 0 Å². The molecule has 1 aromatic carbocycles. The van der Waals surface area contributed by atoms with Crippen LogP contribution >= 0.6 is 10.7 Å². The summed E-state index contributed by atoms with van der Waals surface area (Å²) in [7, 11) is 0.639. The van der Waals surface area contributed by atoms with Crippen LogP contribution in [0.3, 0.4) is 0 Å². The fourth-order valence-electron chi connectivity index (χ4n) is 1.43. The Hall–Kier alpha value is -1.21. The highest BCUT2D eigenvalue weighted by Crippen LogP contribution is 2.23. The van der Waals surface area contributed by atoms with Gasteiger partial charge in [0.2, 0.25) is 0 Å². The van der Waals surface area contributed by atoms with Crippen molar-refractivity contribution < 1.29 is 22.0 Å². The van der Waals surface area contributed by atoms with Crippen molar-refractivity contribution in [1.82, 2.24) is 5.32 Å². The van der Waals surface area contributed by atoms with Gasteiger partial charge < -0.3 is 5.32 Å². The molecule has 1 amide bonds. The van der Waals surface area contributed by atoms with E-state index in [1.54, 1.807) is 0 Å². The summed E-state index contributed by atoms with van der Waals surface area (Å²) >= 11 is 0. The molecule has 0 aliphatic rings. The summed E-state index contributed by atoms with van der Waals surface area (Å²) in [4.78, 5) is 11.0. The van der Waals surface area contributed by atoms with Gasteiger partial charge in [-0.05, 0) is 17.9 Å². The molecular weight excluding hydrogens is 324 g/mol. The predicted molar refractivity (Wildman–Crippen MR) is 75.8 cm³/mol. The second-order valence-corrected chi connectivity index (χ2v) is 7.94. The minimum atomic E-state index is -4.40. The Balaban J connectivity index is 3.11. The minimum Gasteiger partial charge on any atom is -0.351 e. The van der Waals surface area contributed by atoms with Crippen LogP contribution in [-0.4, -0.2) is 20.9 Å². The fourth-order valence-corrected chi connectivity index (χ4v) is 2.33. The molecule has 118 valence electrons. The summed E-state index contributed by atoms with van der Waals surface area (Å²) < 4.78 is 49.4. The van der Waals surface area contributed by atoms with E-state index in [2.05, 4.69) is 5.32 Å². The monoisotopic (exact) mass is 339 g/mol. The molecule has 1 aromatic rings. The fraction of sp³-hybridized carbons (Fsp3) is 0.462. The predicted octanol–water partition coefficient (Wildman–Crippen LogP) is 3.06. The summed E-state index contributed by atoms with van der Waals surface area (Å²) in [6.45, 7) is 6.01. The molecular formula is C13H16ClF2NO3S. The lowest BCUT2D eigenvalue weighted by Crippen LogP contribution is -2.34. The van der Waals surface area contributed by atoms with Crippen LogP contribution in [0.2, 0.25) is 0 Å². The summed E-state index contributed by atoms with van der Waals surface area (Å²) in [5.74, 6) is -3.31. The Morgan fingerprint density at radius 2 is 1.86 bits per heavy atom. The van der Waals surface area contributed by atoms with Crippen LogP contribution in [0.4, 0.5) is 8.78 Å². The zero-order chi connectivity index (χ0) is 16.4. The van der Waals surface area contributed by atoms with Crippen LogP contribution in [0, 0.1) is 17.0 Å². The maximum atomic E-state index is 13.6. The Labute approximate surface area is 126 Å². The molecule has 0 saturated carbocycles. The first-order valence-electron chi connectivity index (χ1n) is 6.20. The van der Waals surface area contributed by atoms with Gasteiger partial charge in [-0.15, -0.1) is 0 Å². The average Bonchev–Trinajstić information content (AvgIpc) is 2.34. The second-order valence-electron chi connectivity index (χ2n) is 5.40. The maximum Gasteiger partial charge on any atom is 0.264 e. The van der Waals surface area contributed by atoms with Gasteiger partial charge in [0.25, 0.3) is 15.0 Å². The largest absolute Gasteiger partial charge is 0.351 e. The molecule has 8 heteroatoms. The number of benzene rings is 1. The third-order valence-electron chi connectivity index (χ3n) is 3.21. The normalized spacial score (nSPS) is 12.3. The molecule has 0 fully saturated rings. The van der Waals surface area contributed by atoms with Crippen LogP contribution < -0.4 is 5.32 Å². The third-order valence-corrected chi connectivity index (χ3v) is 4.55. The topological polar surface area (TPSA) is 63.2 Å². The maximum absolute atomic E-state index is 13.6. The summed E-state index contributed by atoms with van der Waals surface area (Å²) in [6, 6.07) is 0.927. The van der Waals surface area contributed by atoms with E-state index < -0.39 is 37.1 Å². The lowest BCUT2D eigenvalue weighted by atomic mass is 9.90. The quantitative estimate of drug-likeness (QED) is 0.839. The van der Waals surface area contributed by atoms with E-state index in [0.29, 0.717) is 12.1 Å². The average molecular weight is 340 g/mol. The van der Waals surface area contributed by atoms with Gasteiger partial charge in [-0.25, -0.2) is 17.2 Å². The van der Waals surface area contributed by atoms with Crippen LogP contribution in [0.15, 0.2) is 17.0 Å². The highest BCUT2D eigenvalue weighted by Gasteiger charge is 2.24. The molecule has 0 bridgehead atoms.